The number of hydrogen-bond acceptors (Lipinski definition) is 5. The number of methoxy groups -OCH3 is 1. The van der Waals surface area contributed by atoms with Crippen LogP contribution in [-0.4, -0.2) is 28.3 Å². The van der Waals surface area contributed by atoms with E-state index in [1.165, 1.54) is 7.11 Å². The summed E-state index contributed by atoms with van der Waals surface area (Å²) in [7, 11) is 1.18. The van der Waals surface area contributed by atoms with Crippen LogP contribution in [0.5, 0.6) is 0 Å². The van der Waals surface area contributed by atoms with Crippen LogP contribution in [0.15, 0.2) is 6.20 Å². The fraction of sp³-hybridized carbons (Fsp3) is 0.143. The maximum absolute atomic E-state index is 10.9. The molecule has 1 rings (SSSR count). The molecule has 0 radical (unpaired) electrons. The number of hydrogen-bond donors (Lipinski definition) is 0. The van der Waals surface area contributed by atoms with Gasteiger partial charge in [0.2, 0.25) is 5.82 Å². The van der Waals surface area contributed by atoms with Crippen LogP contribution in [-0.2, 0) is 4.74 Å². The Labute approximate surface area is 89.0 Å². The molecule has 0 fully saturated rings. The van der Waals surface area contributed by atoms with Gasteiger partial charge in [0.25, 0.3) is 5.24 Å². The lowest BCUT2D eigenvalue weighted by Gasteiger charge is -1.99. The Kier molecular flexibility index (Phi) is 3.38. The monoisotopic (exact) mass is 234 g/mol. The fourth-order valence-electron chi connectivity index (χ4n) is 0.683. The Balaban J connectivity index is 3.12. The van der Waals surface area contributed by atoms with Crippen molar-refractivity contribution in [2.75, 3.05) is 7.11 Å². The van der Waals surface area contributed by atoms with Crippen LogP contribution in [0.2, 0.25) is 5.15 Å². The maximum atomic E-state index is 10.9. The zero-order chi connectivity index (χ0) is 10.7. The van der Waals surface area contributed by atoms with E-state index < -0.39 is 11.2 Å². The zero-order valence-corrected chi connectivity index (χ0v) is 8.46. The van der Waals surface area contributed by atoms with Crippen LogP contribution >= 0.6 is 23.2 Å². The van der Waals surface area contributed by atoms with Gasteiger partial charge in [0.15, 0.2) is 0 Å². The van der Waals surface area contributed by atoms with E-state index in [-0.39, 0.29) is 16.5 Å². The molecule has 0 aliphatic rings. The summed E-state index contributed by atoms with van der Waals surface area (Å²) in [6.45, 7) is 0. The summed E-state index contributed by atoms with van der Waals surface area (Å²) in [6.07, 6.45) is 1.07. The second kappa shape index (κ2) is 4.34. The van der Waals surface area contributed by atoms with Gasteiger partial charge in [-0.2, -0.15) is 0 Å². The van der Waals surface area contributed by atoms with Crippen LogP contribution in [0.4, 0.5) is 0 Å². The maximum Gasteiger partial charge on any atom is 0.376 e. The number of nitrogens with zero attached hydrogens (tertiary/aromatic N) is 2. The minimum atomic E-state index is -0.786. The summed E-state index contributed by atoms with van der Waals surface area (Å²) >= 11 is 10.7. The molecular formula is C7H4Cl2N2O3. The zero-order valence-electron chi connectivity index (χ0n) is 6.95. The lowest BCUT2D eigenvalue weighted by atomic mass is 10.4. The minimum Gasteiger partial charge on any atom is -0.463 e. The van der Waals surface area contributed by atoms with Gasteiger partial charge in [0.1, 0.15) is 5.15 Å². The molecule has 0 aliphatic heterocycles. The second-order valence-electron chi connectivity index (χ2n) is 2.16. The number of esters is 1. The number of ether oxygens (including phenoxy) is 1. The van der Waals surface area contributed by atoms with Crippen LogP contribution in [0, 0.1) is 0 Å². The van der Waals surface area contributed by atoms with E-state index in [1.807, 2.05) is 0 Å². The predicted molar refractivity (Wildman–Crippen MR) is 48.6 cm³/mol. The van der Waals surface area contributed by atoms with Gasteiger partial charge in [-0.1, -0.05) is 11.6 Å². The third-order valence-electron chi connectivity index (χ3n) is 1.32. The Morgan fingerprint density at radius 2 is 2.14 bits per heavy atom. The molecule has 0 N–H and O–H groups in total. The second-order valence-corrected chi connectivity index (χ2v) is 2.86. The summed E-state index contributed by atoms with van der Waals surface area (Å²) in [6, 6.07) is 0. The molecule has 0 aromatic carbocycles. The van der Waals surface area contributed by atoms with Crippen molar-refractivity contribution in [3.8, 4) is 0 Å². The highest BCUT2D eigenvalue weighted by Crippen LogP contribution is 2.14. The fourth-order valence-corrected chi connectivity index (χ4v) is 1.08. The Bertz CT molecular complexity index is 395. The Morgan fingerprint density at radius 3 is 2.57 bits per heavy atom. The van der Waals surface area contributed by atoms with Gasteiger partial charge < -0.3 is 4.74 Å². The first-order valence-corrected chi connectivity index (χ1v) is 4.12. The number of carbonyl (C=O) groups is 2. The molecule has 1 aromatic heterocycles. The summed E-state index contributed by atoms with van der Waals surface area (Å²) < 4.78 is 4.35. The van der Waals surface area contributed by atoms with E-state index in [1.54, 1.807) is 0 Å². The van der Waals surface area contributed by atoms with Crippen molar-refractivity contribution in [2.45, 2.75) is 0 Å². The lowest BCUT2D eigenvalue weighted by Crippen LogP contribution is -2.09. The van der Waals surface area contributed by atoms with Gasteiger partial charge in [-0.3, -0.25) is 4.79 Å². The topological polar surface area (TPSA) is 69.2 Å². The van der Waals surface area contributed by atoms with Gasteiger partial charge in [-0.05, 0) is 11.6 Å². The molecule has 0 unspecified atom stereocenters. The Morgan fingerprint density at radius 1 is 1.50 bits per heavy atom. The van der Waals surface area contributed by atoms with Crippen molar-refractivity contribution in [3.05, 3.63) is 22.7 Å². The molecule has 0 spiro atoms. The molecule has 7 heteroatoms. The molecular weight excluding hydrogens is 231 g/mol. The number of aromatic nitrogens is 2. The minimum absolute atomic E-state index is 0.0546. The molecule has 5 nitrogen and oxygen atoms in total. The van der Waals surface area contributed by atoms with Crippen molar-refractivity contribution in [1.29, 1.82) is 0 Å². The van der Waals surface area contributed by atoms with Crippen LogP contribution in [0.3, 0.4) is 0 Å². The van der Waals surface area contributed by atoms with E-state index in [0.29, 0.717) is 0 Å². The first-order valence-electron chi connectivity index (χ1n) is 3.37. The average Bonchev–Trinajstić information content (AvgIpc) is 2.15. The molecule has 0 saturated heterocycles. The van der Waals surface area contributed by atoms with Crippen molar-refractivity contribution in [2.24, 2.45) is 0 Å². The molecule has 0 amide bonds. The van der Waals surface area contributed by atoms with E-state index in [2.05, 4.69) is 14.7 Å². The number of halogens is 2. The first kappa shape index (κ1) is 10.9. The van der Waals surface area contributed by atoms with Crippen molar-refractivity contribution < 1.29 is 14.3 Å². The van der Waals surface area contributed by atoms with Crippen LogP contribution in [0.25, 0.3) is 0 Å². The van der Waals surface area contributed by atoms with Crippen molar-refractivity contribution in [3.63, 3.8) is 0 Å². The summed E-state index contributed by atoms with van der Waals surface area (Å²) in [5.74, 6) is -0.959. The van der Waals surface area contributed by atoms with Gasteiger partial charge in [0, 0.05) is 6.20 Å². The van der Waals surface area contributed by atoms with Gasteiger partial charge in [0.05, 0.1) is 12.7 Å². The normalized spacial score (nSPS) is 9.64. The summed E-state index contributed by atoms with van der Waals surface area (Å²) in [5, 5.41) is -0.966. The third-order valence-corrected chi connectivity index (χ3v) is 1.81. The first-order chi connectivity index (χ1) is 6.56. The highest BCUT2D eigenvalue weighted by Gasteiger charge is 2.15. The molecule has 0 bridgehead atoms. The van der Waals surface area contributed by atoms with E-state index in [0.717, 1.165) is 6.20 Å². The number of carbonyl (C=O) groups excluding carboxylic acids is 2. The van der Waals surface area contributed by atoms with E-state index in [4.69, 9.17) is 23.2 Å². The van der Waals surface area contributed by atoms with Gasteiger partial charge in [-0.25, -0.2) is 14.8 Å². The van der Waals surface area contributed by atoms with E-state index >= 15 is 0 Å². The molecule has 0 aliphatic carbocycles. The van der Waals surface area contributed by atoms with Crippen molar-refractivity contribution in [1.82, 2.24) is 9.97 Å². The summed E-state index contributed by atoms with van der Waals surface area (Å²) in [4.78, 5) is 28.7. The highest BCUT2D eigenvalue weighted by atomic mass is 35.5. The molecule has 74 valence electrons. The smallest absolute Gasteiger partial charge is 0.376 e. The van der Waals surface area contributed by atoms with Gasteiger partial charge in [-0.15, -0.1) is 0 Å². The molecule has 14 heavy (non-hydrogen) atoms. The predicted octanol–water partition coefficient (Wildman–Crippen LogP) is 1.30. The molecule has 1 heterocycles. The highest BCUT2D eigenvalue weighted by molar-refractivity contribution is 6.68. The molecule has 0 saturated carbocycles. The Hall–Kier alpha value is -1.20. The average molecular weight is 235 g/mol. The van der Waals surface area contributed by atoms with Crippen LogP contribution < -0.4 is 0 Å². The van der Waals surface area contributed by atoms with E-state index in [9.17, 15) is 9.59 Å². The SMILES string of the molecule is COC(=O)c1ncc(C(=O)Cl)c(Cl)n1. The third kappa shape index (κ3) is 2.18. The number of rotatable bonds is 2. The van der Waals surface area contributed by atoms with Crippen LogP contribution in [0.1, 0.15) is 21.0 Å². The largest absolute Gasteiger partial charge is 0.463 e. The molecule has 1 aromatic rings. The van der Waals surface area contributed by atoms with Gasteiger partial charge >= 0.3 is 5.97 Å². The lowest BCUT2D eigenvalue weighted by molar-refractivity contribution is 0.0586. The summed E-state index contributed by atoms with van der Waals surface area (Å²) in [5.41, 5.74) is -0.0546. The standard InChI is InChI=1S/C7H4Cl2N2O3/c1-14-7(13)6-10-2-3(5(9)12)4(8)11-6/h2H,1H3. The molecule has 0 atom stereocenters. The van der Waals surface area contributed by atoms with Crippen molar-refractivity contribution >= 4 is 34.4 Å². The quantitative estimate of drug-likeness (QED) is 0.439.